The van der Waals surface area contributed by atoms with Gasteiger partial charge in [-0.2, -0.15) is 0 Å². The van der Waals surface area contributed by atoms with Crippen LogP contribution in [0.15, 0.2) is 45.8 Å². The highest BCUT2D eigenvalue weighted by atomic mass is 32.2. The van der Waals surface area contributed by atoms with Gasteiger partial charge in [-0.25, -0.2) is 4.79 Å². The summed E-state index contributed by atoms with van der Waals surface area (Å²) in [6, 6.07) is 11.3. The van der Waals surface area contributed by atoms with Gasteiger partial charge in [0.05, 0.1) is 24.5 Å². The Bertz CT molecular complexity index is 907. The number of methoxy groups -OCH3 is 2. The van der Waals surface area contributed by atoms with Crippen LogP contribution in [0, 0.1) is 0 Å². The van der Waals surface area contributed by atoms with Crippen LogP contribution in [-0.2, 0) is 11.2 Å². The topological polar surface area (TPSA) is 73.6 Å². The molecule has 1 N–H and O–H groups in total. The molecule has 0 saturated heterocycles. The monoisotopic (exact) mass is 358 g/mol. The van der Waals surface area contributed by atoms with Crippen LogP contribution in [-0.4, -0.2) is 25.3 Å². The molecule has 7 heteroatoms. The average molecular weight is 358 g/mol. The summed E-state index contributed by atoms with van der Waals surface area (Å²) in [4.78, 5) is 12.8. The van der Waals surface area contributed by atoms with Crippen LogP contribution in [0.5, 0.6) is 5.75 Å². The Morgan fingerprint density at radius 3 is 2.84 bits per heavy atom. The van der Waals surface area contributed by atoms with Crippen LogP contribution < -0.4 is 9.46 Å². The standard InChI is InChI=1S/C18H18N2O4S/c1-4-11-8-9-14(22-2)15(10-11)25-20-17-12-6-5-7-13(18(21)23-3)16(12)24-19-17/h5-10H,4H2,1-3H3,(H,19,20). The maximum absolute atomic E-state index is 11.8. The van der Waals surface area contributed by atoms with E-state index in [0.29, 0.717) is 22.4 Å². The van der Waals surface area contributed by atoms with E-state index in [2.05, 4.69) is 22.9 Å². The van der Waals surface area contributed by atoms with E-state index in [1.165, 1.54) is 24.6 Å². The number of anilines is 1. The average Bonchev–Trinajstić information content (AvgIpc) is 3.08. The van der Waals surface area contributed by atoms with Crippen molar-refractivity contribution >= 4 is 34.7 Å². The van der Waals surface area contributed by atoms with Crippen LogP contribution in [0.2, 0.25) is 0 Å². The fourth-order valence-electron chi connectivity index (χ4n) is 2.43. The van der Waals surface area contributed by atoms with Gasteiger partial charge in [0, 0.05) is 0 Å². The lowest BCUT2D eigenvalue weighted by atomic mass is 10.1. The van der Waals surface area contributed by atoms with E-state index in [1.807, 2.05) is 18.2 Å². The quantitative estimate of drug-likeness (QED) is 0.520. The number of nitrogens with one attached hydrogen (secondary N) is 1. The van der Waals surface area contributed by atoms with Gasteiger partial charge < -0.3 is 18.7 Å². The van der Waals surface area contributed by atoms with Gasteiger partial charge in [0.15, 0.2) is 11.4 Å². The van der Waals surface area contributed by atoms with Gasteiger partial charge >= 0.3 is 5.97 Å². The molecule has 1 heterocycles. The first-order chi connectivity index (χ1) is 12.2. The summed E-state index contributed by atoms with van der Waals surface area (Å²) in [7, 11) is 2.97. The summed E-state index contributed by atoms with van der Waals surface area (Å²) in [6.07, 6.45) is 0.937. The Morgan fingerprint density at radius 1 is 1.28 bits per heavy atom. The molecule has 3 aromatic rings. The molecule has 130 valence electrons. The third-order valence-electron chi connectivity index (χ3n) is 3.80. The summed E-state index contributed by atoms with van der Waals surface area (Å²) in [5.74, 6) is 0.853. The molecule has 0 aliphatic rings. The fourth-order valence-corrected chi connectivity index (χ4v) is 3.25. The van der Waals surface area contributed by atoms with Crippen molar-refractivity contribution in [3.8, 4) is 5.75 Å². The number of carbonyl (C=O) groups excluding carboxylic acids is 1. The van der Waals surface area contributed by atoms with Crippen molar-refractivity contribution in [3.63, 3.8) is 0 Å². The van der Waals surface area contributed by atoms with Crippen molar-refractivity contribution in [2.75, 3.05) is 18.9 Å². The Morgan fingerprint density at radius 2 is 2.12 bits per heavy atom. The van der Waals surface area contributed by atoms with Crippen molar-refractivity contribution in [3.05, 3.63) is 47.5 Å². The molecular formula is C18H18N2O4S. The number of para-hydroxylation sites is 1. The minimum Gasteiger partial charge on any atom is -0.496 e. The first kappa shape index (κ1) is 17.2. The molecule has 25 heavy (non-hydrogen) atoms. The second-order valence-corrected chi connectivity index (χ2v) is 6.10. The summed E-state index contributed by atoms with van der Waals surface area (Å²) in [5.41, 5.74) is 1.95. The second kappa shape index (κ2) is 7.48. The van der Waals surface area contributed by atoms with Gasteiger partial charge in [0.1, 0.15) is 11.3 Å². The first-order valence-electron chi connectivity index (χ1n) is 7.74. The third-order valence-corrected chi connectivity index (χ3v) is 4.63. The van der Waals surface area contributed by atoms with Gasteiger partial charge in [-0.15, -0.1) is 0 Å². The largest absolute Gasteiger partial charge is 0.496 e. The van der Waals surface area contributed by atoms with Crippen LogP contribution in [0.3, 0.4) is 0 Å². The molecule has 3 rings (SSSR count). The minimum absolute atomic E-state index is 0.344. The Kier molecular flexibility index (Phi) is 5.14. The lowest BCUT2D eigenvalue weighted by molar-refractivity contribution is 0.0601. The predicted octanol–water partition coefficient (Wildman–Crippen LogP) is 4.30. The number of aryl methyl sites for hydroxylation is 1. The molecule has 0 bridgehead atoms. The number of fused-ring (bicyclic) bond motifs is 1. The molecule has 0 aliphatic heterocycles. The number of ether oxygens (including phenoxy) is 2. The maximum atomic E-state index is 11.8. The Hall–Kier alpha value is -2.67. The molecule has 0 amide bonds. The lowest BCUT2D eigenvalue weighted by Gasteiger charge is -2.09. The van der Waals surface area contributed by atoms with Gasteiger partial charge in [-0.05, 0) is 48.2 Å². The molecule has 0 spiro atoms. The smallest absolute Gasteiger partial charge is 0.341 e. The summed E-state index contributed by atoms with van der Waals surface area (Å²) >= 11 is 1.38. The van der Waals surface area contributed by atoms with Gasteiger partial charge in [-0.3, -0.25) is 0 Å². The van der Waals surface area contributed by atoms with Crippen LogP contribution in [0.1, 0.15) is 22.8 Å². The second-order valence-electron chi connectivity index (χ2n) is 5.25. The zero-order valence-electron chi connectivity index (χ0n) is 14.2. The number of hydrogen-bond acceptors (Lipinski definition) is 7. The number of hydrogen-bond donors (Lipinski definition) is 1. The van der Waals surface area contributed by atoms with E-state index in [-0.39, 0.29) is 0 Å². The normalized spacial score (nSPS) is 10.7. The summed E-state index contributed by atoms with van der Waals surface area (Å²) in [5, 5.41) is 4.74. The van der Waals surface area contributed by atoms with Crippen molar-refractivity contribution in [2.45, 2.75) is 18.2 Å². The van der Waals surface area contributed by atoms with Crippen molar-refractivity contribution in [2.24, 2.45) is 0 Å². The van der Waals surface area contributed by atoms with Gasteiger partial charge in [0.2, 0.25) is 0 Å². The third kappa shape index (κ3) is 3.41. The number of benzene rings is 2. The summed E-state index contributed by atoms with van der Waals surface area (Å²) < 4.78 is 18.7. The van der Waals surface area contributed by atoms with Crippen LogP contribution in [0.25, 0.3) is 11.0 Å². The molecule has 0 fully saturated rings. The predicted molar refractivity (Wildman–Crippen MR) is 97.2 cm³/mol. The highest BCUT2D eigenvalue weighted by Gasteiger charge is 2.17. The number of nitrogens with zero attached hydrogens (tertiary/aromatic N) is 1. The van der Waals surface area contributed by atoms with Crippen LogP contribution in [0.4, 0.5) is 5.82 Å². The van der Waals surface area contributed by atoms with E-state index >= 15 is 0 Å². The molecule has 1 aromatic heterocycles. The van der Waals surface area contributed by atoms with E-state index in [9.17, 15) is 4.79 Å². The molecule has 0 aliphatic carbocycles. The molecular weight excluding hydrogens is 340 g/mol. The zero-order valence-corrected chi connectivity index (χ0v) is 15.0. The van der Waals surface area contributed by atoms with Crippen molar-refractivity contribution in [1.29, 1.82) is 0 Å². The van der Waals surface area contributed by atoms with Gasteiger partial charge in [0.25, 0.3) is 0 Å². The fraction of sp³-hybridized carbons (Fsp3) is 0.222. The molecule has 0 saturated carbocycles. The zero-order chi connectivity index (χ0) is 17.8. The van der Waals surface area contributed by atoms with E-state index in [4.69, 9.17) is 14.0 Å². The number of aromatic nitrogens is 1. The lowest BCUT2D eigenvalue weighted by Crippen LogP contribution is -2.01. The van der Waals surface area contributed by atoms with Crippen LogP contribution >= 0.6 is 11.9 Å². The molecule has 6 nitrogen and oxygen atoms in total. The molecule has 0 radical (unpaired) electrons. The molecule has 2 aromatic carbocycles. The number of carbonyl (C=O) groups is 1. The SMILES string of the molecule is CCc1ccc(OC)c(SNc2noc3c(C(=O)OC)cccc23)c1. The van der Waals surface area contributed by atoms with Crippen molar-refractivity contribution < 1.29 is 18.8 Å². The van der Waals surface area contributed by atoms with E-state index < -0.39 is 5.97 Å². The maximum Gasteiger partial charge on any atom is 0.341 e. The Balaban J connectivity index is 1.88. The number of rotatable bonds is 6. The molecule has 0 unspecified atom stereocenters. The van der Waals surface area contributed by atoms with Crippen molar-refractivity contribution in [1.82, 2.24) is 5.16 Å². The van der Waals surface area contributed by atoms with E-state index in [1.54, 1.807) is 19.2 Å². The first-order valence-corrected chi connectivity index (χ1v) is 8.56. The highest BCUT2D eigenvalue weighted by Crippen LogP contribution is 2.34. The van der Waals surface area contributed by atoms with E-state index in [0.717, 1.165) is 17.1 Å². The molecule has 0 atom stereocenters. The Labute approximate surface area is 149 Å². The van der Waals surface area contributed by atoms with Gasteiger partial charge in [-0.1, -0.05) is 24.2 Å². The summed E-state index contributed by atoms with van der Waals surface area (Å²) in [6.45, 7) is 2.10. The number of esters is 1. The minimum atomic E-state index is -0.460. The highest BCUT2D eigenvalue weighted by molar-refractivity contribution is 8.00.